The molecule has 0 unspecified atom stereocenters. The van der Waals surface area contributed by atoms with E-state index in [0.29, 0.717) is 22.9 Å². The first-order valence-corrected chi connectivity index (χ1v) is 11.5. The lowest BCUT2D eigenvalue weighted by Gasteiger charge is -2.34. The van der Waals surface area contributed by atoms with Gasteiger partial charge in [0.05, 0.1) is 5.02 Å². The van der Waals surface area contributed by atoms with Crippen molar-refractivity contribution in [2.45, 2.75) is 20.1 Å². The largest absolute Gasteiger partial charge is 0.487 e. The number of ether oxygens (including phenoxy) is 1. The Morgan fingerprint density at radius 2 is 1.66 bits per heavy atom. The summed E-state index contributed by atoms with van der Waals surface area (Å²) in [6.45, 7) is 6.39. The van der Waals surface area contributed by atoms with Crippen LogP contribution in [-0.4, -0.2) is 41.9 Å². The van der Waals surface area contributed by atoms with Gasteiger partial charge in [-0.1, -0.05) is 53.5 Å². The zero-order chi connectivity index (χ0) is 22.5. The van der Waals surface area contributed by atoms with Gasteiger partial charge < -0.3 is 9.64 Å². The molecule has 3 aromatic carbocycles. The average molecular weight is 469 g/mol. The predicted molar refractivity (Wildman–Crippen MR) is 130 cm³/mol. The van der Waals surface area contributed by atoms with Gasteiger partial charge in [0, 0.05) is 43.3 Å². The molecule has 1 aliphatic heterocycles. The minimum atomic E-state index is 0.0709. The highest BCUT2D eigenvalue weighted by molar-refractivity contribution is 6.32. The number of carbonyl (C=O) groups excluding carboxylic acids is 1. The summed E-state index contributed by atoms with van der Waals surface area (Å²) in [5.41, 5.74) is 3.98. The lowest BCUT2D eigenvalue weighted by Crippen LogP contribution is -2.48. The van der Waals surface area contributed by atoms with Crippen molar-refractivity contribution >= 4 is 29.1 Å². The number of hydrogen-bond donors (Lipinski definition) is 0. The molecule has 0 N–H and O–H groups in total. The molecule has 0 aliphatic carbocycles. The van der Waals surface area contributed by atoms with Gasteiger partial charge >= 0.3 is 0 Å². The van der Waals surface area contributed by atoms with Crippen LogP contribution < -0.4 is 4.74 Å². The van der Waals surface area contributed by atoms with Crippen molar-refractivity contribution in [1.29, 1.82) is 0 Å². The zero-order valence-corrected chi connectivity index (χ0v) is 19.6. The summed E-state index contributed by atoms with van der Waals surface area (Å²) in [5.74, 6) is 0.740. The van der Waals surface area contributed by atoms with Gasteiger partial charge in [-0.25, -0.2) is 0 Å². The Kier molecular flexibility index (Phi) is 7.36. The fourth-order valence-corrected chi connectivity index (χ4v) is 4.20. The minimum Gasteiger partial charge on any atom is -0.487 e. The molecule has 1 aliphatic rings. The Morgan fingerprint density at radius 3 is 2.38 bits per heavy atom. The summed E-state index contributed by atoms with van der Waals surface area (Å²) in [6, 6.07) is 21.3. The van der Waals surface area contributed by atoms with E-state index in [2.05, 4.69) is 11.0 Å². The third-order valence-corrected chi connectivity index (χ3v) is 6.18. The average Bonchev–Trinajstić information content (AvgIpc) is 2.80. The van der Waals surface area contributed by atoms with E-state index in [4.69, 9.17) is 27.9 Å². The molecule has 32 heavy (non-hydrogen) atoms. The van der Waals surface area contributed by atoms with E-state index in [1.54, 1.807) is 0 Å². The summed E-state index contributed by atoms with van der Waals surface area (Å²) < 4.78 is 5.85. The Labute approximate surface area is 199 Å². The monoisotopic (exact) mass is 468 g/mol. The van der Waals surface area contributed by atoms with Gasteiger partial charge in [0.2, 0.25) is 0 Å². The Bertz CT molecular complexity index is 1080. The van der Waals surface area contributed by atoms with Gasteiger partial charge in [-0.05, 0) is 60.0 Å². The van der Waals surface area contributed by atoms with E-state index in [-0.39, 0.29) is 5.91 Å². The molecule has 0 radical (unpaired) electrons. The van der Waals surface area contributed by atoms with Gasteiger partial charge in [-0.2, -0.15) is 0 Å². The highest BCUT2D eigenvalue weighted by atomic mass is 35.5. The predicted octanol–water partition coefficient (Wildman–Crippen LogP) is 5.84. The van der Waals surface area contributed by atoms with Gasteiger partial charge in [0.15, 0.2) is 0 Å². The fourth-order valence-electron chi connectivity index (χ4n) is 3.81. The van der Waals surface area contributed by atoms with Crippen LogP contribution in [0.5, 0.6) is 5.75 Å². The second-order valence-corrected chi connectivity index (χ2v) is 8.96. The maximum absolute atomic E-state index is 12.9. The van der Waals surface area contributed by atoms with Crippen LogP contribution in [-0.2, 0) is 13.2 Å². The standard InChI is InChI=1S/C26H26Cl2N2O2/c1-19-5-10-24(28)25(15-19)32-18-20-6-8-22(9-7-20)26(31)30-13-11-29(12-14-30)17-21-3-2-4-23(27)16-21/h2-10,15-16H,11-14,17-18H2,1H3. The molecule has 4 rings (SSSR count). The third kappa shape index (κ3) is 5.83. The highest BCUT2D eigenvalue weighted by Gasteiger charge is 2.22. The molecule has 1 saturated heterocycles. The van der Waals surface area contributed by atoms with E-state index in [0.717, 1.165) is 48.9 Å². The van der Waals surface area contributed by atoms with Crippen LogP contribution in [0.4, 0.5) is 0 Å². The van der Waals surface area contributed by atoms with Crippen molar-refractivity contribution in [2.24, 2.45) is 0 Å². The smallest absolute Gasteiger partial charge is 0.253 e. The molecule has 6 heteroatoms. The van der Waals surface area contributed by atoms with Gasteiger partial charge in [-0.15, -0.1) is 0 Å². The van der Waals surface area contributed by atoms with Crippen LogP contribution >= 0.6 is 23.2 Å². The molecule has 0 saturated carbocycles. The maximum atomic E-state index is 12.9. The van der Waals surface area contributed by atoms with Crippen LogP contribution in [0, 0.1) is 6.92 Å². The lowest BCUT2D eigenvalue weighted by molar-refractivity contribution is 0.0628. The molecular formula is C26H26Cl2N2O2. The summed E-state index contributed by atoms with van der Waals surface area (Å²) in [5, 5.41) is 1.35. The number of halogens is 2. The van der Waals surface area contributed by atoms with Gasteiger partial charge in [0.25, 0.3) is 5.91 Å². The molecule has 0 aromatic heterocycles. The fraction of sp³-hybridized carbons (Fsp3) is 0.269. The Morgan fingerprint density at radius 1 is 0.906 bits per heavy atom. The lowest BCUT2D eigenvalue weighted by atomic mass is 10.1. The zero-order valence-electron chi connectivity index (χ0n) is 18.1. The van der Waals surface area contributed by atoms with Gasteiger partial charge in [0.1, 0.15) is 12.4 Å². The first-order chi connectivity index (χ1) is 15.5. The number of rotatable bonds is 6. The summed E-state index contributed by atoms with van der Waals surface area (Å²) in [4.78, 5) is 17.2. The van der Waals surface area contributed by atoms with Crippen molar-refractivity contribution in [2.75, 3.05) is 26.2 Å². The summed E-state index contributed by atoms with van der Waals surface area (Å²) in [7, 11) is 0. The van der Waals surface area contributed by atoms with E-state index in [1.165, 1.54) is 5.56 Å². The number of carbonyl (C=O) groups is 1. The number of piperazine rings is 1. The van der Waals surface area contributed by atoms with Crippen molar-refractivity contribution < 1.29 is 9.53 Å². The number of aryl methyl sites for hydroxylation is 1. The Hall–Kier alpha value is -2.53. The molecule has 3 aromatic rings. The van der Waals surface area contributed by atoms with Crippen LogP contribution in [0.3, 0.4) is 0 Å². The molecule has 0 atom stereocenters. The number of nitrogens with zero attached hydrogens (tertiary/aromatic N) is 2. The van der Waals surface area contributed by atoms with Crippen LogP contribution in [0.1, 0.15) is 27.0 Å². The minimum absolute atomic E-state index is 0.0709. The topological polar surface area (TPSA) is 32.8 Å². The van der Waals surface area contributed by atoms with E-state index < -0.39 is 0 Å². The second kappa shape index (κ2) is 10.4. The molecule has 4 nitrogen and oxygen atoms in total. The number of hydrogen-bond acceptors (Lipinski definition) is 3. The van der Waals surface area contributed by atoms with Crippen molar-refractivity contribution in [3.63, 3.8) is 0 Å². The third-order valence-electron chi connectivity index (χ3n) is 5.64. The van der Waals surface area contributed by atoms with Crippen LogP contribution in [0.2, 0.25) is 10.0 Å². The molecule has 1 heterocycles. The highest BCUT2D eigenvalue weighted by Crippen LogP contribution is 2.26. The summed E-state index contributed by atoms with van der Waals surface area (Å²) >= 11 is 12.3. The molecule has 0 bridgehead atoms. The molecular weight excluding hydrogens is 443 g/mol. The Balaban J connectivity index is 1.29. The quantitative estimate of drug-likeness (QED) is 0.455. The SMILES string of the molecule is Cc1ccc(Cl)c(OCc2ccc(C(=O)N3CCN(Cc4cccc(Cl)c4)CC3)cc2)c1. The first kappa shape index (κ1) is 22.7. The molecule has 0 spiro atoms. The van der Waals surface area contributed by atoms with E-state index in [9.17, 15) is 4.79 Å². The molecule has 1 fully saturated rings. The molecule has 1 amide bonds. The number of amides is 1. The van der Waals surface area contributed by atoms with Crippen LogP contribution in [0.25, 0.3) is 0 Å². The van der Waals surface area contributed by atoms with E-state index in [1.807, 2.05) is 72.5 Å². The normalized spacial score (nSPS) is 14.4. The first-order valence-electron chi connectivity index (χ1n) is 10.7. The second-order valence-electron chi connectivity index (χ2n) is 8.12. The van der Waals surface area contributed by atoms with Crippen molar-refractivity contribution in [3.8, 4) is 5.75 Å². The van der Waals surface area contributed by atoms with Gasteiger partial charge in [-0.3, -0.25) is 9.69 Å². The number of benzene rings is 3. The molecule has 166 valence electrons. The van der Waals surface area contributed by atoms with E-state index >= 15 is 0 Å². The van der Waals surface area contributed by atoms with Crippen molar-refractivity contribution in [3.05, 3.63) is 99.0 Å². The maximum Gasteiger partial charge on any atom is 0.253 e. The van der Waals surface area contributed by atoms with Crippen LogP contribution in [0.15, 0.2) is 66.7 Å². The van der Waals surface area contributed by atoms with Crippen molar-refractivity contribution in [1.82, 2.24) is 9.80 Å². The summed E-state index contributed by atoms with van der Waals surface area (Å²) in [6.07, 6.45) is 0.